The molecule has 2 aromatic carbocycles. The van der Waals surface area contributed by atoms with Crippen molar-refractivity contribution in [3.05, 3.63) is 88.3 Å². The number of hydrogen-bond donors (Lipinski definition) is 3. The van der Waals surface area contributed by atoms with Crippen molar-refractivity contribution in [1.82, 2.24) is 13.9 Å². The van der Waals surface area contributed by atoms with Crippen LogP contribution in [-0.4, -0.2) is 54.3 Å². The van der Waals surface area contributed by atoms with Gasteiger partial charge in [0, 0.05) is 19.3 Å². The van der Waals surface area contributed by atoms with Crippen LogP contribution in [0.1, 0.15) is 44.7 Å². The number of nitrogens with one attached hydrogen (secondary N) is 2. The van der Waals surface area contributed by atoms with Gasteiger partial charge in [0.2, 0.25) is 0 Å². The molecule has 3 N–H and O–H groups in total. The standard InChI is InChI=1S/C31H34N6O8S2/c1-4-16-37(31(40)45-19-21-9-6-5-7-10-21)47(43,44)34-22-12-13-24-25(18-22)46(41,42)35-28(33-24)26-27(38)23-11-8-15-32-29(23)36(30(26)39)17-14-20(2)3/h5-13,15,18,20,34,38H,4,14,16-17,19H2,1-3H3,(H,33,35). The molecule has 1 aliphatic rings. The van der Waals surface area contributed by atoms with Crippen molar-refractivity contribution in [2.24, 2.45) is 10.3 Å². The van der Waals surface area contributed by atoms with Gasteiger partial charge >= 0.3 is 16.3 Å². The van der Waals surface area contributed by atoms with Crippen LogP contribution >= 0.6 is 0 Å². The maximum absolute atomic E-state index is 13.7. The SMILES string of the molecule is CCCN(C(=O)OCc1ccccc1)S(=O)(=O)Nc1ccc2c(c1)S(=O)(=O)N=C(c1c(O)c3cccnc3n(CCC(C)C)c1=O)N2. The second kappa shape index (κ2) is 13.4. The number of aromatic hydroxyl groups is 1. The fourth-order valence-corrected chi connectivity index (χ4v) is 7.27. The Balaban J connectivity index is 1.45. The lowest BCUT2D eigenvalue weighted by atomic mass is 10.1. The first-order chi connectivity index (χ1) is 22.3. The molecule has 0 bridgehead atoms. The van der Waals surface area contributed by atoms with Crippen molar-refractivity contribution in [2.45, 2.75) is 51.7 Å². The van der Waals surface area contributed by atoms with Gasteiger partial charge in [-0.25, -0.2) is 9.78 Å². The summed E-state index contributed by atoms with van der Waals surface area (Å²) >= 11 is 0. The number of sulfonamides is 1. The number of benzene rings is 2. The zero-order valence-electron chi connectivity index (χ0n) is 25.9. The van der Waals surface area contributed by atoms with Gasteiger partial charge in [-0.15, -0.1) is 4.40 Å². The second-order valence-corrected chi connectivity index (χ2v) is 14.4. The fourth-order valence-electron chi connectivity index (χ4n) is 4.91. The van der Waals surface area contributed by atoms with Crippen molar-refractivity contribution >= 4 is 54.6 Å². The number of hydrogen-bond acceptors (Lipinski definition) is 10. The molecule has 0 spiro atoms. The summed E-state index contributed by atoms with van der Waals surface area (Å²) in [5.74, 6) is -0.632. The van der Waals surface area contributed by atoms with E-state index >= 15 is 0 Å². The summed E-state index contributed by atoms with van der Waals surface area (Å²) in [6.07, 6.45) is 1.30. The second-order valence-electron chi connectivity index (χ2n) is 11.2. The summed E-state index contributed by atoms with van der Waals surface area (Å²) in [5, 5.41) is 14.2. The number of anilines is 2. The topological polar surface area (TPSA) is 189 Å². The summed E-state index contributed by atoms with van der Waals surface area (Å²) in [4.78, 5) is 30.3. The van der Waals surface area contributed by atoms with Gasteiger partial charge in [0.25, 0.3) is 15.6 Å². The lowest BCUT2D eigenvalue weighted by Crippen LogP contribution is -2.41. The zero-order valence-corrected chi connectivity index (χ0v) is 27.5. The number of amides is 1. The number of carbonyl (C=O) groups is 1. The molecule has 4 aromatic rings. The molecular formula is C31H34N6O8S2. The monoisotopic (exact) mass is 682 g/mol. The molecule has 0 fully saturated rings. The molecule has 248 valence electrons. The van der Waals surface area contributed by atoms with E-state index in [1.54, 1.807) is 49.4 Å². The highest BCUT2D eigenvalue weighted by Crippen LogP contribution is 2.34. The molecule has 5 rings (SSSR count). The summed E-state index contributed by atoms with van der Waals surface area (Å²) in [6.45, 7) is 5.59. The summed E-state index contributed by atoms with van der Waals surface area (Å²) in [6, 6.07) is 15.5. The number of rotatable bonds is 11. The fraction of sp³-hybridized carbons (Fsp3) is 0.290. The van der Waals surface area contributed by atoms with Gasteiger partial charge in [-0.05, 0) is 54.7 Å². The van der Waals surface area contributed by atoms with E-state index in [0.717, 1.165) is 6.07 Å². The average molecular weight is 683 g/mol. The summed E-state index contributed by atoms with van der Waals surface area (Å²) in [7, 11) is -9.05. The molecule has 2 aromatic heterocycles. The maximum Gasteiger partial charge on any atom is 0.425 e. The first-order valence-electron chi connectivity index (χ1n) is 14.8. The Morgan fingerprint density at radius 3 is 2.57 bits per heavy atom. The molecule has 0 saturated carbocycles. The van der Waals surface area contributed by atoms with Gasteiger partial charge < -0.3 is 15.2 Å². The van der Waals surface area contributed by atoms with Crippen LogP contribution in [0.2, 0.25) is 0 Å². The van der Waals surface area contributed by atoms with Gasteiger partial charge in [-0.1, -0.05) is 51.1 Å². The molecule has 0 aliphatic carbocycles. The van der Waals surface area contributed by atoms with E-state index in [2.05, 4.69) is 19.4 Å². The van der Waals surface area contributed by atoms with Crippen LogP contribution in [-0.2, 0) is 38.1 Å². The van der Waals surface area contributed by atoms with Gasteiger partial charge in [-0.2, -0.15) is 21.1 Å². The largest absolute Gasteiger partial charge is 0.506 e. The lowest BCUT2D eigenvalue weighted by molar-refractivity contribution is 0.119. The van der Waals surface area contributed by atoms with Crippen molar-refractivity contribution < 1.29 is 31.5 Å². The van der Waals surface area contributed by atoms with E-state index in [1.807, 2.05) is 13.8 Å². The quantitative estimate of drug-likeness (QED) is 0.204. The number of nitrogens with zero attached hydrogens (tertiary/aromatic N) is 4. The molecule has 0 unspecified atom stereocenters. The lowest BCUT2D eigenvalue weighted by Gasteiger charge is -2.23. The smallest absolute Gasteiger partial charge is 0.425 e. The van der Waals surface area contributed by atoms with Gasteiger partial charge in [0.15, 0.2) is 5.84 Å². The van der Waals surface area contributed by atoms with Crippen LogP contribution < -0.4 is 15.6 Å². The van der Waals surface area contributed by atoms with Crippen molar-refractivity contribution in [1.29, 1.82) is 0 Å². The third-order valence-electron chi connectivity index (χ3n) is 7.26. The molecular weight excluding hydrogens is 649 g/mol. The minimum atomic E-state index is -4.53. The first kappa shape index (κ1) is 33.4. The van der Waals surface area contributed by atoms with E-state index in [0.29, 0.717) is 16.3 Å². The third-order valence-corrected chi connectivity index (χ3v) is 9.98. The van der Waals surface area contributed by atoms with Crippen LogP contribution in [0.5, 0.6) is 5.75 Å². The number of aryl methyl sites for hydroxylation is 1. The highest BCUT2D eigenvalue weighted by atomic mass is 32.2. The molecule has 16 heteroatoms. The molecule has 47 heavy (non-hydrogen) atoms. The molecule has 0 atom stereocenters. The molecule has 0 saturated heterocycles. The Hall–Kier alpha value is -4.96. The van der Waals surface area contributed by atoms with Crippen LogP contribution in [0.3, 0.4) is 0 Å². The summed E-state index contributed by atoms with van der Waals surface area (Å²) in [5.41, 5.74) is -0.295. The van der Waals surface area contributed by atoms with Gasteiger partial charge in [-0.3, -0.25) is 14.1 Å². The Kier molecular flexibility index (Phi) is 9.53. The van der Waals surface area contributed by atoms with Crippen LogP contribution in [0.4, 0.5) is 16.2 Å². The molecule has 1 aliphatic heterocycles. The Morgan fingerprint density at radius 2 is 1.87 bits per heavy atom. The predicted octanol–water partition coefficient (Wildman–Crippen LogP) is 4.41. The number of aromatic nitrogens is 2. The Morgan fingerprint density at radius 1 is 1.13 bits per heavy atom. The van der Waals surface area contributed by atoms with Crippen LogP contribution in [0.25, 0.3) is 11.0 Å². The van der Waals surface area contributed by atoms with Crippen molar-refractivity contribution in [2.75, 3.05) is 16.6 Å². The number of amidine groups is 1. The first-order valence-corrected chi connectivity index (χ1v) is 17.7. The van der Waals surface area contributed by atoms with Crippen molar-refractivity contribution in [3.63, 3.8) is 0 Å². The minimum Gasteiger partial charge on any atom is -0.506 e. The van der Waals surface area contributed by atoms with E-state index in [9.17, 15) is 31.5 Å². The van der Waals surface area contributed by atoms with E-state index < -0.39 is 48.4 Å². The average Bonchev–Trinajstić information content (AvgIpc) is 3.02. The Bertz CT molecular complexity index is 2130. The minimum absolute atomic E-state index is 0.00977. The number of ether oxygens (including phenoxy) is 1. The summed E-state index contributed by atoms with van der Waals surface area (Å²) < 4.78 is 66.6. The zero-order chi connectivity index (χ0) is 33.9. The number of pyridine rings is 2. The van der Waals surface area contributed by atoms with Crippen molar-refractivity contribution in [3.8, 4) is 5.75 Å². The Labute approximate surface area is 272 Å². The predicted molar refractivity (Wildman–Crippen MR) is 177 cm³/mol. The number of carbonyl (C=O) groups excluding carboxylic acids is 1. The highest BCUT2D eigenvalue weighted by molar-refractivity contribution is 7.91. The van der Waals surface area contributed by atoms with E-state index in [-0.39, 0.29) is 60.0 Å². The molecule has 0 radical (unpaired) electrons. The molecule has 1 amide bonds. The van der Waals surface area contributed by atoms with Crippen LogP contribution in [0, 0.1) is 5.92 Å². The normalized spacial score (nSPS) is 13.8. The van der Waals surface area contributed by atoms with E-state index in [4.69, 9.17) is 4.74 Å². The van der Waals surface area contributed by atoms with Gasteiger partial charge in [0.1, 0.15) is 28.5 Å². The van der Waals surface area contributed by atoms with E-state index in [1.165, 1.54) is 22.9 Å². The number of fused-ring (bicyclic) bond motifs is 2. The molecule has 3 heterocycles. The van der Waals surface area contributed by atoms with Gasteiger partial charge in [0.05, 0.1) is 16.8 Å². The maximum atomic E-state index is 13.7. The highest BCUT2D eigenvalue weighted by Gasteiger charge is 2.32. The molecule has 14 nitrogen and oxygen atoms in total. The van der Waals surface area contributed by atoms with Crippen LogP contribution in [0.15, 0.2) is 80.9 Å². The third kappa shape index (κ3) is 7.07.